The van der Waals surface area contributed by atoms with E-state index < -0.39 is 0 Å². The first-order valence-corrected chi connectivity index (χ1v) is 7.46. The van der Waals surface area contributed by atoms with Crippen molar-refractivity contribution in [3.05, 3.63) is 75.8 Å². The lowest BCUT2D eigenvalue weighted by Gasteiger charge is -2.06. The SMILES string of the molecule is Cc1cccc(C(=O)NCCc2nc3ccccc3c(=O)[nH]2)c1. The Morgan fingerprint density at radius 3 is 2.83 bits per heavy atom. The molecule has 0 fully saturated rings. The minimum atomic E-state index is -0.157. The number of hydrogen-bond donors (Lipinski definition) is 2. The first kappa shape index (κ1) is 15.0. The van der Waals surface area contributed by atoms with E-state index in [2.05, 4.69) is 15.3 Å². The van der Waals surface area contributed by atoms with Crippen LogP contribution < -0.4 is 10.9 Å². The average molecular weight is 307 g/mol. The summed E-state index contributed by atoms with van der Waals surface area (Å²) >= 11 is 0. The van der Waals surface area contributed by atoms with E-state index in [0.29, 0.717) is 35.3 Å². The molecule has 0 unspecified atom stereocenters. The number of hydrogen-bond acceptors (Lipinski definition) is 3. The van der Waals surface area contributed by atoms with Crippen molar-refractivity contribution in [2.75, 3.05) is 6.54 Å². The zero-order valence-corrected chi connectivity index (χ0v) is 12.8. The van der Waals surface area contributed by atoms with Crippen molar-refractivity contribution in [3.63, 3.8) is 0 Å². The maximum atomic E-state index is 12.1. The topological polar surface area (TPSA) is 74.8 Å². The number of benzene rings is 2. The molecule has 5 nitrogen and oxygen atoms in total. The number of H-pyrrole nitrogens is 1. The predicted octanol–water partition coefficient (Wildman–Crippen LogP) is 2.20. The average Bonchev–Trinajstić information content (AvgIpc) is 2.55. The zero-order valence-electron chi connectivity index (χ0n) is 12.8. The highest BCUT2D eigenvalue weighted by Gasteiger charge is 2.06. The number of carbonyl (C=O) groups excluding carboxylic acids is 1. The molecule has 0 saturated carbocycles. The van der Waals surface area contributed by atoms with E-state index in [9.17, 15) is 9.59 Å². The lowest BCUT2D eigenvalue weighted by Crippen LogP contribution is -2.26. The van der Waals surface area contributed by atoms with E-state index in [1.165, 1.54) is 0 Å². The van der Waals surface area contributed by atoms with Gasteiger partial charge < -0.3 is 10.3 Å². The quantitative estimate of drug-likeness (QED) is 0.776. The van der Waals surface area contributed by atoms with Crippen LogP contribution in [0.1, 0.15) is 21.7 Å². The Labute approximate surface area is 133 Å². The first-order valence-electron chi connectivity index (χ1n) is 7.46. The van der Waals surface area contributed by atoms with Crippen LogP contribution in [-0.2, 0) is 6.42 Å². The van der Waals surface area contributed by atoms with Gasteiger partial charge in [-0.1, -0.05) is 29.8 Å². The van der Waals surface area contributed by atoms with Gasteiger partial charge in [-0.15, -0.1) is 0 Å². The number of aromatic nitrogens is 2. The van der Waals surface area contributed by atoms with Crippen LogP contribution in [-0.4, -0.2) is 22.4 Å². The third kappa shape index (κ3) is 3.45. The summed E-state index contributed by atoms with van der Waals surface area (Å²) in [5.74, 6) is 0.440. The number of rotatable bonds is 4. The number of nitrogens with one attached hydrogen (secondary N) is 2. The number of carbonyl (C=O) groups is 1. The van der Waals surface area contributed by atoms with Gasteiger partial charge in [0, 0.05) is 18.5 Å². The van der Waals surface area contributed by atoms with Crippen LogP contribution in [0, 0.1) is 6.92 Å². The maximum absolute atomic E-state index is 12.1. The second-order valence-corrected chi connectivity index (χ2v) is 5.41. The molecule has 1 amide bonds. The Balaban J connectivity index is 1.67. The molecule has 3 aromatic rings. The van der Waals surface area contributed by atoms with Crippen LogP contribution in [0.15, 0.2) is 53.3 Å². The van der Waals surface area contributed by atoms with Gasteiger partial charge in [0.2, 0.25) is 0 Å². The minimum absolute atomic E-state index is 0.128. The normalized spacial score (nSPS) is 10.7. The summed E-state index contributed by atoms with van der Waals surface area (Å²) < 4.78 is 0. The Morgan fingerprint density at radius 2 is 2.00 bits per heavy atom. The highest BCUT2D eigenvalue weighted by molar-refractivity contribution is 5.94. The Hall–Kier alpha value is -2.95. The van der Waals surface area contributed by atoms with Crippen molar-refractivity contribution in [1.82, 2.24) is 15.3 Å². The van der Waals surface area contributed by atoms with E-state index >= 15 is 0 Å². The van der Waals surface area contributed by atoms with Gasteiger partial charge in [0.15, 0.2) is 0 Å². The number of para-hydroxylation sites is 1. The fourth-order valence-corrected chi connectivity index (χ4v) is 2.44. The summed E-state index contributed by atoms with van der Waals surface area (Å²) in [5.41, 5.74) is 2.18. The van der Waals surface area contributed by atoms with Crippen LogP contribution in [0.5, 0.6) is 0 Å². The molecule has 2 N–H and O–H groups in total. The molecule has 5 heteroatoms. The fraction of sp³-hybridized carbons (Fsp3) is 0.167. The van der Waals surface area contributed by atoms with Crippen molar-refractivity contribution in [3.8, 4) is 0 Å². The number of fused-ring (bicyclic) bond motifs is 1. The highest BCUT2D eigenvalue weighted by Crippen LogP contribution is 2.06. The van der Waals surface area contributed by atoms with Crippen LogP contribution in [0.4, 0.5) is 0 Å². The van der Waals surface area contributed by atoms with E-state index in [-0.39, 0.29) is 11.5 Å². The van der Waals surface area contributed by atoms with E-state index in [4.69, 9.17) is 0 Å². The van der Waals surface area contributed by atoms with Gasteiger partial charge in [0.05, 0.1) is 10.9 Å². The fourth-order valence-electron chi connectivity index (χ4n) is 2.44. The summed E-state index contributed by atoms with van der Waals surface area (Å²) in [6.45, 7) is 2.36. The third-order valence-corrected chi connectivity index (χ3v) is 3.59. The molecular formula is C18H17N3O2. The summed E-state index contributed by atoms with van der Waals surface area (Å²) in [6.07, 6.45) is 0.470. The minimum Gasteiger partial charge on any atom is -0.352 e. The molecule has 0 bridgehead atoms. The summed E-state index contributed by atoms with van der Waals surface area (Å²) in [7, 11) is 0. The highest BCUT2D eigenvalue weighted by atomic mass is 16.1. The second-order valence-electron chi connectivity index (χ2n) is 5.41. The predicted molar refractivity (Wildman–Crippen MR) is 89.6 cm³/mol. The molecule has 23 heavy (non-hydrogen) atoms. The van der Waals surface area contributed by atoms with E-state index in [1.807, 2.05) is 31.2 Å². The molecule has 0 aliphatic carbocycles. The lowest BCUT2D eigenvalue weighted by molar-refractivity contribution is 0.0954. The molecule has 2 aromatic carbocycles. The molecule has 0 spiro atoms. The van der Waals surface area contributed by atoms with Crippen molar-refractivity contribution in [2.24, 2.45) is 0 Å². The molecule has 0 aliphatic rings. The van der Waals surface area contributed by atoms with Crippen molar-refractivity contribution >= 4 is 16.8 Å². The molecule has 0 radical (unpaired) electrons. The maximum Gasteiger partial charge on any atom is 0.258 e. The molecule has 116 valence electrons. The van der Waals surface area contributed by atoms with E-state index in [0.717, 1.165) is 5.56 Å². The molecule has 0 saturated heterocycles. The Kier molecular flexibility index (Phi) is 4.19. The number of aromatic amines is 1. The molecule has 0 atom stereocenters. The van der Waals surface area contributed by atoms with Gasteiger partial charge in [-0.05, 0) is 31.2 Å². The van der Waals surface area contributed by atoms with Crippen LogP contribution in [0.3, 0.4) is 0 Å². The monoisotopic (exact) mass is 307 g/mol. The molecule has 3 rings (SSSR count). The van der Waals surface area contributed by atoms with Gasteiger partial charge in [-0.25, -0.2) is 4.98 Å². The third-order valence-electron chi connectivity index (χ3n) is 3.59. The Morgan fingerprint density at radius 1 is 1.17 bits per heavy atom. The van der Waals surface area contributed by atoms with Crippen LogP contribution in [0.25, 0.3) is 10.9 Å². The van der Waals surface area contributed by atoms with Crippen molar-refractivity contribution in [2.45, 2.75) is 13.3 Å². The standard InChI is InChI=1S/C18H17N3O2/c1-12-5-4-6-13(11-12)17(22)19-10-9-16-20-15-8-3-2-7-14(15)18(23)21-16/h2-8,11H,9-10H2,1H3,(H,19,22)(H,20,21,23). The summed E-state index contributed by atoms with van der Waals surface area (Å²) in [4.78, 5) is 31.2. The molecule has 0 aliphatic heterocycles. The molecular weight excluding hydrogens is 290 g/mol. The van der Waals surface area contributed by atoms with Gasteiger partial charge in [-0.2, -0.15) is 0 Å². The lowest BCUT2D eigenvalue weighted by atomic mass is 10.1. The van der Waals surface area contributed by atoms with Gasteiger partial charge in [-0.3, -0.25) is 9.59 Å². The number of nitrogens with zero attached hydrogens (tertiary/aromatic N) is 1. The van der Waals surface area contributed by atoms with Crippen molar-refractivity contribution in [1.29, 1.82) is 0 Å². The van der Waals surface area contributed by atoms with Crippen LogP contribution >= 0.6 is 0 Å². The van der Waals surface area contributed by atoms with Gasteiger partial charge >= 0.3 is 0 Å². The summed E-state index contributed by atoms with van der Waals surface area (Å²) in [6, 6.07) is 14.6. The molecule has 1 heterocycles. The first-order chi connectivity index (χ1) is 11.1. The number of aryl methyl sites for hydroxylation is 1. The number of amides is 1. The van der Waals surface area contributed by atoms with Crippen molar-refractivity contribution < 1.29 is 4.79 Å². The van der Waals surface area contributed by atoms with Crippen LogP contribution in [0.2, 0.25) is 0 Å². The molecule has 1 aromatic heterocycles. The van der Waals surface area contributed by atoms with Gasteiger partial charge in [0.1, 0.15) is 5.82 Å². The summed E-state index contributed by atoms with van der Waals surface area (Å²) in [5, 5.41) is 3.41. The Bertz CT molecular complexity index is 915. The smallest absolute Gasteiger partial charge is 0.258 e. The zero-order chi connectivity index (χ0) is 16.2. The van der Waals surface area contributed by atoms with E-state index in [1.54, 1.807) is 24.3 Å². The van der Waals surface area contributed by atoms with Gasteiger partial charge in [0.25, 0.3) is 11.5 Å². The largest absolute Gasteiger partial charge is 0.352 e. The second kappa shape index (κ2) is 6.44.